The van der Waals surface area contributed by atoms with Gasteiger partial charge in [-0.05, 0) is 42.6 Å². The average Bonchev–Trinajstić information content (AvgIpc) is 3.01. The lowest BCUT2D eigenvalue weighted by atomic mass is 10.0. The highest BCUT2D eigenvalue weighted by molar-refractivity contribution is 7.91. The zero-order chi connectivity index (χ0) is 18.7. The van der Waals surface area contributed by atoms with Crippen molar-refractivity contribution in [2.75, 3.05) is 31.1 Å². The number of aryl methyl sites for hydroxylation is 1. The molecule has 1 aromatic carbocycles. The van der Waals surface area contributed by atoms with E-state index in [0.717, 1.165) is 39.0 Å². The number of fused-ring (bicyclic) bond motifs is 1. The Hall–Kier alpha value is -1.76. The normalized spacial score (nSPS) is 25.3. The Balaban J connectivity index is 1.40. The van der Waals surface area contributed by atoms with Gasteiger partial charge >= 0.3 is 0 Å². The summed E-state index contributed by atoms with van der Waals surface area (Å²) in [4.78, 5) is 8.85. The Morgan fingerprint density at radius 3 is 2.30 bits per heavy atom. The Kier molecular flexibility index (Phi) is 5.57. The third-order valence-corrected chi connectivity index (χ3v) is 7.49. The lowest BCUT2D eigenvalue weighted by Gasteiger charge is -2.44. The highest BCUT2D eigenvalue weighted by Crippen LogP contribution is 2.28. The summed E-state index contributed by atoms with van der Waals surface area (Å²) < 4.78 is 24.7. The summed E-state index contributed by atoms with van der Waals surface area (Å²) in [5.41, 5.74) is 2.55. The van der Waals surface area contributed by atoms with Gasteiger partial charge in [0.25, 0.3) is 0 Å². The number of piperazine rings is 1. The molecule has 27 heavy (non-hydrogen) atoms. The Morgan fingerprint density at radius 2 is 1.56 bits per heavy atom. The van der Waals surface area contributed by atoms with Crippen molar-refractivity contribution in [1.82, 2.24) is 14.8 Å². The molecule has 0 radical (unpaired) electrons. The van der Waals surface area contributed by atoms with E-state index >= 15 is 0 Å². The van der Waals surface area contributed by atoms with Crippen LogP contribution in [0.5, 0.6) is 0 Å². The molecule has 2 atom stereocenters. The van der Waals surface area contributed by atoms with Crippen molar-refractivity contribution in [3.8, 4) is 0 Å². The molecule has 0 N–H and O–H groups in total. The van der Waals surface area contributed by atoms with E-state index < -0.39 is 9.84 Å². The van der Waals surface area contributed by atoms with Gasteiger partial charge < -0.3 is 0 Å². The lowest BCUT2D eigenvalue weighted by Crippen LogP contribution is -2.58. The first-order valence-electron chi connectivity index (χ1n) is 9.72. The SMILES string of the molecule is O=S1(=O)C[C@@H]2[C@H](C1)N(CCCc1ccccc1)CCN2Cc1ccncc1. The van der Waals surface area contributed by atoms with Gasteiger partial charge in [-0.25, -0.2) is 8.42 Å². The minimum Gasteiger partial charge on any atom is -0.296 e. The number of rotatable bonds is 6. The van der Waals surface area contributed by atoms with Gasteiger partial charge in [-0.2, -0.15) is 0 Å². The predicted octanol–water partition coefficient (Wildman–Crippen LogP) is 2.00. The van der Waals surface area contributed by atoms with E-state index in [0.29, 0.717) is 5.75 Å². The molecule has 2 saturated heterocycles. The van der Waals surface area contributed by atoms with E-state index in [1.807, 2.05) is 18.2 Å². The van der Waals surface area contributed by atoms with Crippen LogP contribution in [0.2, 0.25) is 0 Å². The average molecular weight is 386 g/mol. The van der Waals surface area contributed by atoms with E-state index in [2.05, 4.69) is 39.0 Å². The van der Waals surface area contributed by atoms with Crippen LogP contribution in [0.4, 0.5) is 0 Å². The quantitative estimate of drug-likeness (QED) is 0.761. The molecule has 2 aromatic rings. The molecule has 0 amide bonds. The van der Waals surface area contributed by atoms with E-state index in [-0.39, 0.29) is 17.8 Å². The first-order chi connectivity index (χ1) is 13.1. The fraction of sp³-hybridized carbons (Fsp3) is 0.476. The number of hydrogen-bond donors (Lipinski definition) is 0. The molecule has 4 rings (SSSR count). The van der Waals surface area contributed by atoms with Crippen LogP contribution in [-0.4, -0.2) is 66.4 Å². The van der Waals surface area contributed by atoms with Gasteiger partial charge in [-0.1, -0.05) is 30.3 Å². The number of aromatic nitrogens is 1. The van der Waals surface area contributed by atoms with Crippen LogP contribution >= 0.6 is 0 Å². The van der Waals surface area contributed by atoms with Crippen molar-refractivity contribution in [2.45, 2.75) is 31.5 Å². The molecule has 1 aromatic heterocycles. The van der Waals surface area contributed by atoms with Gasteiger partial charge in [-0.15, -0.1) is 0 Å². The van der Waals surface area contributed by atoms with Gasteiger partial charge in [0, 0.05) is 44.1 Å². The van der Waals surface area contributed by atoms with Gasteiger partial charge in [0.15, 0.2) is 9.84 Å². The summed E-state index contributed by atoms with van der Waals surface area (Å²) in [7, 11) is -2.96. The van der Waals surface area contributed by atoms with Crippen LogP contribution in [0.1, 0.15) is 17.5 Å². The fourth-order valence-electron chi connectivity index (χ4n) is 4.42. The first kappa shape index (κ1) is 18.6. The number of pyridine rings is 1. The summed E-state index contributed by atoms with van der Waals surface area (Å²) in [5.74, 6) is 0.591. The predicted molar refractivity (Wildman–Crippen MR) is 107 cm³/mol. The largest absolute Gasteiger partial charge is 0.296 e. The second-order valence-electron chi connectivity index (χ2n) is 7.66. The molecular weight excluding hydrogens is 358 g/mol. The highest BCUT2D eigenvalue weighted by atomic mass is 32.2. The summed E-state index contributed by atoms with van der Waals surface area (Å²) in [6.07, 6.45) is 5.72. The minimum absolute atomic E-state index is 0.105. The maximum atomic E-state index is 12.4. The topological polar surface area (TPSA) is 53.5 Å². The van der Waals surface area contributed by atoms with Crippen molar-refractivity contribution in [2.24, 2.45) is 0 Å². The van der Waals surface area contributed by atoms with Crippen LogP contribution in [0.15, 0.2) is 54.9 Å². The van der Waals surface area contributed by atoms with Gasteiger partial charge in [0.05, 0.1) is 11.5 Å². The molecule has 2 aliphatic heterocycles. The van der Waals surface area contributed by atoms with E-state index in [4.69, 9.17) is 0 Å². The van der Waals surface area contributed by atoms with Gasteiger partial charge in [0.1, 0.15) is 0 Å². The van der Waals surface area contributed by atoms with Crippen LogP contribution in [0.3, 0.4) is 0 Å². The lowest BCUT2D eigenvalue weighted by molar-refractivity contribution is 0.0398. The van der Waals surface area contributed by atoms with E-state index in [9.17, 15) is 8.42 Å². The molecule has 0 bridgehead atoms. The summed E-state index contributed by atoms with van der Waals surface area (Å²) in [5, 5.41) is 0. The van der Waals surface area contributed by atoms with E-state index in [1.54, 1.807) is 12.4 Å². The molecule has 5 nitrogen and oxygen atoms in total. The van der Waals surface area contributed by atoms with Crippen molar-refractivity contribution in [3.63, 3.8) is 0 Å². The second kappa shape index (κ2) is 8.09. The first-order valence-corrected chi connectivity index (χ1v) is 11.5. The number of sulfone groups is 1. The Bertz CT molecular complexity index is 842. The molecule has 0 spiro atoms. The molecule has 144 valence electrons. The van der Waals surface area contributed by atoms with E-state index in [1.165, 1.54) is 11.1 Å². The van der Waals surface area contributed by atoms with Crippen LogP contribution in [0.25, 0.3) is 0 Å². The van der Waals surface area contributed by atoms with Gasteiger partial charge in [-0.3, -0.25) is 14.8 Å². The Labute approximate surface area is 161 Å². The molecule has 0 aliphatic carbocycles. The second-order valence-corrected chi connectivity index (χ2v) is 9.82. The maximum absolute atomic E-state index is 12.4. The zero-order valence-electron chi connectivity index (χ0n) is 15.6. The van der Waals surface area contributed by atoms with Crippen LogP contribution < -0.4 is 0 Å². The smallest absolute Gasteiger partial charge is 0.153 e. The maximum Gasteiger partial charge on any atom is 0.153 e. The van der Waals surface area contributed by atoms with Crippen LogP contribution in [0, 0.1) is 0 Å². The molecule has 2 aliphatic rings. The molecule has 0 saturated carbocycles. The third kappa shape index (κ3) is 4.57. The molecule has 0 unspecified atom stereocenters. The zero-order valence-corrected chi connectivity index (χ0v) is 16.4. The summed E-state index contributed by atoms with van der Waals surface area (Å²) >= 11 is 0. The minimum atomic E-state index is -2.96. The van der Waals surface area contributed by atoms with Crippen molar-refractivity contribution >= 4 is 9.84 Å². The van der Waals surface area contributed by atoms with Gasteiger partial charge in [0.2, 0.25) is 0 Å². The number of nitrogens with zero attached hydrogens (tertiary/aromatic N) is 3. The monoisotopic (exact) mass is 385 g/mol. The molecule has 3 heterocycles. The van der Waals surface area contributed by atoms with Crippen molar-refractivity contribution in [1.29, 1.82) is 0 Å². The number of benzene rings is 1. The summed E-state index contributed by atoms with van der Waals surface area (Å²) in [6, 6.07) is 14.8. The van der Waals surface area contributed by atoms with Crippen molar-refractivity contribution < 1.29 is 8.42 Å². The Morgan fingerprint density at radius 1 is 0.889 bits per heavy atom. The standard InChI is InChI=1S/C21H27N3O2S/c25-27(26)16-20-21(17-27)24(15-19-8-10-22-11-9-19)14-13-23(20)12-4-7-18-5-2-1-3-6-18/h1-3,5-6,8-11,20-21H,4,7,12-17H2/t20-,21+/m0/s1. The molecule has 2 fully saturated rings. The van der Waals surface area contributed by atoms with Crippen molar-refractivity contribution in [3.05, 3.63) is 66.0 Å². The molecular formula is C21H27N3O2S. The number of hydrogen-bond acceptors (Lipinski definition) is 5. The van der Waals surface area contributed by atoms with Crippen LogP contribution in [-0.2, 0) is 22.8 Å². The molecule has 6 heteroatoms. The fourth-order valence-corrected chi connectivity index (χ4v) is 6.47. The summed E-state index contributed by atoms with van der Waals surface area (Å²) in [6.45, 7) is 3.63. The highest BCUT2D eigenvalue weighted by Gasteiger charge is 2.46. The third-order valence-electron chi connectivity index (χ3n) is 5.79.